The SMILES string of the molecule is Cc1nc(C)c(CN2CCc3c(nc(C(C)C)[nH]c3=O)C2)s1. The summed E-state index contributed by atoms with van der Waals surface area (Å²) in [5, 5.41) is 1.11. The molecule has 22 heavy (non-hydrogen) atoms. The van der Waals surface area contributed by atoms with E-state index in [1.807, 2.05) is 6.92 Å². The molecule has 3 heterocycles. The van der Waals surface area contributed by atoms with Gasteiger partial charge < -0.3 is 4.98 Å². The van der Waals surface area contributed by atoms with Crippen LogP contribution in [0.2, 0.25) is 0 Å². The molecule has 2 aromatic rings. The third-order valence-electron chi connectivity index (χ3n) is 4.08. The Balaban J connectivity index is 1.84. The van der Waals surface area contributed by atoms with Crippen molar-refractivity contribution in [3.8, 4) is 0 Å². The molecule has 0 amide bonds. The number of rotatable bonds is 3. The Hall–Kier alpha value is -1.53. The molecular weight excluding hydrogens is 296 g/mol. The fraction of sp³-hybridized carbons (Fsp3) is 0.562. The quantitative estimate of drug-likeness (QED) is 0.944. The Morgan fingerprint density at radius 2 is 2.09 bits per heavy atom. The van der Waals surface area contributed by atoms with E-state index < -0.39 is 0 Å². The molecule has 118 valence electrons. The third kappa shape index (κ3) is 2.98. The maximum Gasteiger partial charge on any atom is 0.254 e. The highest BCUT2D eigenvalue weighted by Crippen LogP contribution is 2.23. The highest BCUT2D eigenvalue weighted by Gasteiger charge is 2.22. The van der Waals surface area contributed by atoms with E-state index in [2.05, 4.69) is 40.6 Å². The Labute approximate surface area is 134 Å². The number of fused-ring (bicyclic) bond motifs is 1. The van der Waals surface area contributed by atoms with Crippen LogP contribution >= 0.6 is 11.3 Å². The van der Waals surface area contributed by atoms with Crippen molar-refractivity contribution in [3.05, 3.63) is 43.0 Å². The van der Waals surface area contributed by atoms with Gasteiger partial charge in [0.15, 0.2) is 0 Å². The van der Waals surface area contributed by atoms with Gasteiger partial charge in [-0.3, -0.25) is 9.69 Å². The second-order valence-corrected chi connectivity index (χ2v) is 7.52. The first-order valence-corrected chi connectivity index (χ1v) is 8.53. The van der Waals surface area contributed by atoms with Crippen LogP contribution in [0.15, 0.2) is 4.79 Å². The third-order valence-corrected chi connectivity index (χ3v) is 5.14. The predicted molar refractivity (Wildman–Crippen MR) is 88.4 cm³/mol. The zero-order valence-electron chi connectivity index (χ0n) is 13.6. The van der Waals surface area contributed by atoms with Gasteiger partial charge in [0.2, 0.25) is 0 Å². The monoisotopic (exact) mass is 318 g/mol. The van der Waals surface area contributed by atoms with Crippen molar-refractivity contribution in [3.63, 3.8) is 0 Å². The van der Waals surface area contributed by atoms with Crippen LogP contribution in [0.25, 0.3) is 0 Å². The van der Waals surface area contributed by atoms with E-state index >= 15 is 0 Å². The molecule has 0 aromatic carbocycles. The van der Waals surface area contributed by atoms with Gasteiger partial charge in [-0.25, -0.2) is 9.97 Å². The maximum atomic E-state index is 12.2. The molecule has 0 saturated heterocycles. The van der Waals surface area contributed by atoms with Crippen molar-refractivity contribution < 1.29 is 0 Å². The van der Waals surface area contributed by atoms with Crippen LogP contribution in [-0.4, -0.2) is 26.4 Å². The molecule has 0 spiro atoms. The molecule has 1 N–H and O–H groups in total. The number of aryl methyl sites for hydroxylation is 2. The highest BCUT2D eigenvalue weighted by molar-refractivity contribution is 7.11. The molecule has 0 fully saturated rings. The van der Waals surface area contributed by atoms with Gasteiger partial charge in [-0.2, -0.15) is 0 Å². The van der Waals surface area contributed by atoms with E-state index in [1.165, 1.54) is 4.88 Å². The lowest BCUT2D eigenvalue weighted by molar-refractivity contribution is 0.241. The number of hydrogen-bond donors (Lipinski definition) is 1. The molecule has 2 aromatic heterocycles. The molecule has 0 saturated carbocycles. The summed E-state index contributed by atoms with van der Waals surface area (Å²) in [4.78, 5) is 28.0. The largest absolute Gasteiger partial charge is 0.310 e. The van der Waals surface area contributed by atoms with Crippen LogP contribution < -0.4 is 5.56 Å². The molecule has 5 nitrogen and oxygen atoms in total. The summed E-state index contributed by atoms with van der Waals surface area (Å²) in [6, 6.07) is 0. The molecule has 3 rings (SSSR count). The smallest absolute Gasteiger partial charge is 0.254 e. The number of thiazole rings is 1. The zero-order chi connectivity index (χ0) is 15.9. The molecule has 1 aliphatic heterocycles. The van der Waals surface area contributed by atoms with Crippen molar-refractivity contribution >= 4 is 11.3 Å². The first-order chi connectivity index (χ1) is 10.4. The van der Waals surface area contributed by atoms with Crippen LogP contribution in [0.4, 0.5) is 0 Å². The number of aromatic nitrogens is 3. The fourth-order valence-corrected chi connectivity index (χ4v) is 3.82. The topological polar surface area (TPSA) is 61.9 Å². The molecule has 1 aliphatic rings. The molecule has 0 bridgehead atoms. The van der Waals surface area contributed by atoms with E-state index in [-0.39, 0.29) is 11.5 Å². The minimum absolute atomic E-state index is 0.0400. The van der Waals surface area contributed by atoms with Gasteiger partial charge in [-0.1, -0.05) is 13.8 Å². The minimum Gasteiger partial charge on any atom is -0.310 e. The lowest BCUT2D eigenvalue weighted by Crippen LogP contribution is -2.35. The van der Waals surface area contributed by atoms with Crippen molar-refractivity contribution in [1.29, 1.82) is 0 Å². The van der Waals surface area contributed by atoms with Gasteiger partial charge in [0.1, 0.15) is 5.82 Å². The van der Waals surface area contributed by atoms with Crippen LogP contribution in [0.3, 0.4) is 0 Å². The zero-order valence-corrected chi connectivity index (χ0v) is 14.4. The van der Waals surface area contributed by atoms with E-state index in [9.17, 15) is 4.79 Å². The van der Waals surface area contributed by atoms with E-state index in [4.69, 9.17) is 0 Å². The van der Waals surface area contributed by atoms with Crippen LogP contribution in [-0.2, 0) is 19.5 Å². The van der Waals surface area contributed by atoms with Gasteiger partial charge in [0.25, 0.3) is 5.56 Å². The predicted octanol–water partition coefficient (Wildman–Crippen LogP) is 2.52. The number of hydrogen-bond acceptors (Lipinski definition) is 5. The second kappa shape index (κ2) is 5.93. The Morgan fingerprint density at radius 3 is 2.73 bits per heavy atom. The van der Waals surface area contributed by atoms with Gasteiger partial charge in [0, 0.05) is 36.0 Å². The summed E-state index contributed by atoms with van der Waals surface area (Å²) in [5.41, 5.74) is 2.96. The standard InChI is InChI=1S/C16H22N4OS/c1-9(2)15-18-13-7-20(6-5-12(13)16(21)19-15)8-14-10(3)17-11(4)22-14/h9H,5-8H2,1-4H3,(H,18,19,21). The molecular formula is C16H22N4OS. The second-order valence-electron chi connectivity index (χ2n) is 6.23. The first kappa shape index (κ1) is 15.4. The molecule has 0 atom stereocenters. The normalized spacial score (nSPS) is 15.3. The summed E-state index contributed by atoms with van der Waals surface area (Å²) in [6.07, 6.45) is 0.771. The van der Waals surface area contributed by atoms with Crippen molar-refractivity contribution in [2.75, 3.05) is 6.54 Å². The maximum absolute atomic E-state index is 12.2. The number of H-pyrrole nitrogens is 1. The molecule has 6 heteroatoms. The fourth-order valence-electron chi connectivity index (χ4n) is 2.84. The van der Waals surface area contributed by atoms with Gasteiger partial charge >= 0.3 is 0 Å². The van der Waals surface area contributed by atoms with Crippen molar-refractivity contribution in [2.24, 2.45) is 0 Å². The Morgan fingerprint density at radius 1 is 1.32 bits per heavy atom. The van der Waals surface area contributed by atoms with Gasteiger partial charge in [-0.15, -0.1) is 11.3 Å². The Bertz CT molecular complexity index is 747. The molecule has 0 aliphatic carbocycles. The highest BCUT2D eigenvalue weighted by atomic mass is 32.1. The molecule has 0 radical (unpaired) electrons. The van der Waals surface area contributed by atoms with Crippen LogP contribution in [0.5, 0.6) is 0 Å². The van der Waals surface area contributed by atoms with E-state index in [0.717, 1.165) is 53.8 Å². The average Bonchev–Trinajstić information content (AvgIpc) is 2.76. The van der Waals surface area contributed by atoms with Gasteiger partial charge in [-0.05, 0) is 20.3 Å². The number of aromatic amines is 1. The summed E-state index contributed by atoms with van der Waals surface area (Å²) >= 11 is 1.76. The summed E-state index contributed by atoms with van der Waals surface area (Å²) in [6.45, 7) is 10.7. The van der Waals surface area contributed by atoms with Gasteiger partial charge in [0.05, 0.1) is 16.4 Å². The van der Waals surface area contributed by atoms with E-state index in [0.29, 0.717) is 0 Å². The lowest BCUT2D eigenvalue weighted by Gasteiger charge is -2.27. The summed E-state index contributed by atoms with van der Waals surface area (Å²) in [7, 11) is 0. The van der Waals surface area contributed by atoms with Crippen molar-refractivity contribution in [1.82, 2.24) is 19.9 Å². The summed E-state index contributed by atoms with van der Waals surface area (Å²) < 4.78 is 0. The van der Waals surface area contributed by atoms with Crippen LogP contribution in [0.1, 0.15) is 52.4 Å². The number of nitrogens with zero attached hydrogens (tertiary/aromatic N) is 3. The minimum atomic E-state index is 0.0400. The Kier molecular flexibility index (Phi) is 4.14. The average molecular weight is 318 g/mol. The van der Waals surface area contributed by atoms with Crippen LogP contribution in [0, 0.1) is 13.8 Å². The lowest BCUT2D eigenvalue weighted by atomic mass is 10.1. The number of nitrogens with one attached hydrogen (secondary N) is 1. The summed E-state index contributed by atoms with van der Waals surface area (Å²) in [5.74, 6) is 1.02. The first-order valence-electron chi connectivity index (χ1n) is 7.71. The molecule has 0 unspecified atom stereocenters. The van der Waals surface area contributed by atoms with E-state index in [1.54, 1.807) is 11.3 Å². The van der Waals surface area contributed by atoms with Crippen molar-refractivity contribution in [2.45, 2.75) is 53.1 Å².